The molecule has 1 aliphatic heterocycles. The number of anilines is 2. The van der Waals surface area contributed by atoms with Crippen molar-refractivity contribution in [1.82, 2.24) is 0 Å². The van der Waals surface area contributed by atoms with Gasteiger partial charge in [0.2, 0.25) is 0 Å². The maximum Gasteiger partial charge on any atom is 0.300 e. The van der Waals surface area contributed by atoms with Gasteiger partial charge in [-0.2, -0.15) is 0 Å². The maximum atomic E-state index is 15.0. The standard InChI is InChI=1S/C31H30F2N2O3/c1-3-34(4-2)24-14-11-20(12-15-24)28-27(29(36)22-10-9-19-7-5-6-8-21(19)17-22)30(37)31(38)35(28)26-16-13-23(32)18-25(26)33/h9-18,28,36H,3-8H2,1-2H3/b29-27-. The number of hydrogen-bond donors (Lipinski definition) is 1. The van der Waals surface area contributed by atoms with Gasteiger partial charge >= 0.3 is 0 Å². The van der Waals surface area contributed by atoms with Crippen molar-refractivity contribution in [3.8, 4) is 0 Å². The summed E-state index contributed by atoms with van der Waals surface area (Å²) in [5.74, 6) is -3.96. The Kier molecular flexibility index (Phi) is 7.02. The molecule has 1 N–H and O–H groups in total. The van der Waals surface area contributed by atoms with E-state index in [1.165, 1.54) is 5.56 Å². The lowest BCUT2D eigenvalue weighted by Crippen LogP contribution is -2.30. The number of rotatable bonds is 6. The van der Waals surface area contributed by atoms with Crippen molar-refractivity contribution >= 4 is 28.8 Å². The molecular formula is C31H30F2N2O3. The highest BCUT2D eigenvalue weighted by atomic mass is 19.1. The molecule has 7 heteroatoms. The summed E-state index contributed by atoms with van der Waals surface area (Å²) in [6.07, 6.45) is 3.99. The second-order valence-electron chi connectivity index (χ2n) is 9.72. The second kappa shape index (κ2) is 10.4. The first-order valence-corrected chi connectivity index (χ1v) is 13.1. The van der Waals surface area contributed by atoms with Gasteiger partial charge in [0.05, 0.1) is 17.3 Å². The Bertz CT molecular complexity index is 1430. The summed E-state index contributed by atoms with van der Waals surface area (Å²) in [5, 5.41) is 11.5. The zero-order valence-corrected chi connectivity index (χ0v) is 21.5. The largest absolute Gasteiger partial charge is 0.507 e. The number of aliphatic hydroxyl groups is 1. The zero-order chi connectivity index (χ0) is 27.0. The number of carbonyl (C=O) groups excluding carboxylic acids is 2. The highest BCUT2D eigenvalue weighted by Gasteiger charge is 2.47. The van der Waals surface area contributed by atoms with Crippen LogP contribution in [0.4, 0.5) is 20.2 Å². The number of aliphatic hydroxyl groups excluding tert-OH is 1. The monoisotopic (exact) mass is 516 g/mol. The molecule has 1 fully saturated rings. The summed E-state index contributed by atoms with van der Waals surface area (Å²) < 4.78 is 28.7. The minimum atomic E-state index is -1.09. The number of amides is 1. The summed E-state index contributed by atoms with van der Waals surface area (Å²) in [6.45, 7) is 5.69. The predicted octanol–water partition coefficient (Wildman–Crippen LogP) is 6.32. The number of benzene rings is 3. The molecule has 0 radical (unpaired) electrons. The van der Waals surface area contributed by atoms with E-state index in [1.54, 1.807) is 18.2 Å². The Morgan fingerprint density at radius 1 is 0.921 bits per heavy atom. The van der Waals surface area contributed by atoms with Crippen LogP contribution in [0.15, 0.2) is 66.2 Å². The summed E-state index contributed by atoms with van der Waals surface area (Å²) in [6, 6.07) is 14.7. The van der Waals surface area contributed by atoms with Crippen molar-refractivity contribution in [1.29, 1.82) is 0 Å². The van der Waals surface area contributed by atoms with Gasteiger partial charge in [-0.1, -0.05) is 24.3 Å². The van der Waals surface area contributed by atoms with Crippen molar-refractivity contribution in [2.45, 2.75) is 45.6 Å². The van der Waals surface area contributed by atoms with Gasteiger partial charge in [0, 0.05) is 30.4 Å². The molecule has 0 saturated carbocycles. The second-order valence-corrected chi connectivity index (χ2v) is 9.72. The van der Waals surface area contributed by atoms with Crippen LogP contribution >= 0.6 is 0 Å². The van der Waals surface area contributed by atoms with Gasteiger partial charge in [0.25, 0.3) is 11.7 Å². The van der Waals surface area contributed by atoms with E-state index in [0.29, 0.717) is 17.2 Å². The Hall–Kier alpha value is -4.00. The average Bonchev–Trinajstić information content (AvgIpc) is 3.19. The SMILES string of the molecule is CCN(CC)c1ccc(C2/C(=C(/O)c3ccc4c(c3)CCCC4)C(=O)C(=O)N2c2ccc(F)cc2F)cc1. The van der Waals surface area contributed by atoms with Crippen molar-refractivity contribution in [2.75, 3.05) is 22.9 Å². The Balaban J connectivity index is 1.68. The van der Waals surface area contributed by atoms with E-state index in [2.05, 4.69) is 4.90 Å². The van der Waals surface area contributed by atoms with Gasteiger partial charge < -0.3 is 10.0 Å². The van der Waals surface area contributed by atoms with Gasteiger partial charge in [-0.15, -0.1) is 0 Å². The molecule has 0 bridgehead atoms. The summed E-state index contributed by atoms with van der Waals surface area (Å²) in [5.41, 5.74) is 3.90. The highest BCUT2D eigenvalue weighted by Crippen LogP contribution is 2.43. The normalized spacial score (nSPS) is 18.5. The number of nitrogens with zero attached hydrogens (tertiary/aromatic N) is 2. The molecule has 1 unspecified atom stereocenters. The quantitative estimate of drug-likeness (QED) is 0.237. The lowest BCUT2D eigenvalue weighted by molar-refractivity contribution is -0.132. The first kappa shape index (κ1) is 25.6. The van der Waals surface area contributed by atoms with Crippen molar-refractivity contribution in [3.63, 3.8) is 0 Å². The third-order valence-electron chi connectivity index (χ3n) is 7.57. The van der Waals surface area contributed by atoms with E-state index in [1.807, 2.05) is 38.1 Å². The van der Waals surface area contributed by atoms with E-state index in [0.717, 1.165) is 67.1 Å². The van der Waals surface area contributed by atoms with Gasteiger partial charge in [0.1, 0.15) is 17.4 Å². The number of Topliss-reactive ketones (excluding diaryl/α,β-unsaturated/α-hetero) is 1. The lowest BCUT2D eigenvalue weighted by Gasteiger charge is -2.27. The van der Waals surface area contributed by atoms with Crippen LogP contribution in [0.25, 0.3) is 5.76 Å². The van der Waals surface area contributed by atoms with E-state index in [4.69, 9.17) is 0 Å². The van der Waals surface area contributed by atoms with Crippen molar-refractivity contribution in [3.05, 3.63) is 100 Å². The molecule has 3 aromatic carbocycles. The molecule has 1 amide bonds. The van der Waals surface area contributed by atoms with E-state index in [9.17, 15) is 23.5 Å². The summed E-state index contributed by atoms with van der Waals surface area (Å²) in [4.78, 5) is 29.9. The maximum absolute atomic E-state index is 15.0. The third-order valence-corrected chi connectivity index (χ3v) is 7.57. The lowest BCUT2D eigenvalue weighted by atomic mass is 9.88. The summed E-state index contributed by atoms with van der Waals surface area (Å²) >= 11 is 0. The minimum absolute atomic E-state index is 0.120. The molecule has 1 saturated heterocycles. The van der Waals surface area contributed by atoms with E-state index < -0.39 is 29.4 Å². The molecule has 196 valence electrons. The Labute approximate surface area is 221 Å². The van der Waals surface area contributed by atoms with Crippen molar-refractivity contribution in [2.24, 2.45) is 0 Å². The van der Waals surface area contributed by atoms with Crippen LogP contribution in [0.2, 0.25) is 0 Å². The van der Waals surface area contributed by atoms with Crippen LogP contribution in [0.3, 0.4) is 0 Å². The van der Waals surface area contributed by atoms with Crippen LogP contribution < -0.4 is 9.80 Å². The van der Waals surface area contributed by atoms with Gasteiger partial charge in [-0.3, -0.25) is 14.5 Å². The van der Waals surface area contributed by atoms with Crippen LogP contribution in [0, 0.1) is 11.6 Å². The molecule has 2 aliphatic rings. The average molecular weight is 517 g/mol. The number of aryl methyl sites for hydroxylation is 2. The van der Waals surface area contributed by atoms with Crippen molar-refractivity contribution < 1.29 is 23.5 Å². The molecule has 0 spiro atoms. The predicted molar refractivity (Wildman–Crippen MR) is 144 cm³/mol. The number of carbonyl (C=O) groups is 2. The van der Waals surface area contributed by atoms with E-state index in [-0.39, 0.29) is 17.0 Å². The molecule has 1 heterocycles. The first-order valence-electron chi connectivity index (χ1n) is 13.1. The number of halogens is 2. The fourth-order valence-electron chi connectivity index (χ4n) is 5.57. The molecular weight excluding hydrogens is 486 g/mol. The van der Waals surface area contributed by atoms with Crippen LogP contribution in [-0.4, -0.2) is 29.9 Å². The topological polar surface area (TPSA) is 60.9 Å². The molecule has 5 nitrogen and oxygen atoms in total. The van der Waals surface area contributed by atoms with Gasteiger partial charge in [-0.05, 0) is 86.6 Å². The molecule has 38 heavy (non-hydrogen) atoms. The molecule has 5 rings (SSSR count). The minimum Gasteiger partial charge on any atom is -0.507 e. The number of hydrogen-bond acceptors (Lipinski definition) is 4. The van der Waals surface area contributed by atoms with Gasteiger partial charge in [-0.25, -0.2) is 8.78 Å². The van der Waals surface area contributed by atoms with Crippen LogP contribution in [0.1, 0.15) is 55.0 Å². The summed E-state index contributed by atoms with van der Waals surface area (Å²) in [7, 11) is 0. The van der Waals surface area contributed by atoms with Crippen LogP contribution in [-0.2, 0) is 22.4 Å². The fraction of sp³-hybridized carbons (Fsp3) is 0.290. The smallest absolute Gasteiger partial charge is 0.300 e. The zero-order valence-electron chi connectivity index (χ0n) is 21.5. The molecule has 1 atom stereocenters. The fourth-order valence-corrected chi connectivity index (χ4v) is 5.57. The van der Waals surface area contributed by atoms with Crippen LogP contribution in [0.5, 0.6) is 0 Å². The Morgan fingerprint density at radius 2 is 1.61 bits per heavy atom. The highest BCUT2D eigenvalue weighted by molar-refractivity contribution is 6.51. The first-order chi connectivity index (χ1) is 18.3. The molecule has 1 aliphatic carbocycles. The van der Waals surface area contributed by atoms with Gasteiger partial charge in [0.15, 0.2) is 0 Å². The van der Waals surface area contributed by atoms with E-state index >= 15 is 0 Å². The third kappa shape index (κ3) is 4.46. The number of ketones is 1. The Morgan fingerprint density at radius 3 is 2.26 bits per heavy atom. The molecule has 3 aromatic rings. The molecule has 0 aromatic heterocycles. The number of fused-ring (bicyclic) bond motifs is 1.